The van der Waals surface area contributed by atoms with E-state index in [1.165, 1.54) is 0 Å². The smallest absolute Gasteiger partial charge is 0.160 e. The molecule has 6 rings (SSSR count). The summed E-state index contributed by atoms with van der Waals surface area (Å²) < 4.78 is 6.46. The first-order valence-electron chi connectivity index (χ1n) is 15.5. The highest BCUT2D eigenvalue weighted by atomic mass is 16.5. The second-order valence-electron chi connectivity index (χ2n) is 15.6. The van der Waals surface area contributed by atoms with Crippen LogP contribution in [0.3, 0.4) is 0 Å². The summed E-state index contributed by atoms with van der Waals surface area (Å²) >= 11 is 0. The minimum atomic E-state index is -1.34. The summed E-state index contributed by atoms with van der Waals surface area (Å²) in [6, 6.07) is 0. The van der Waals surface area contributed by atoms with Gasteiger partial charge in [-0.2, -0.15) is 0 Å². The van der Waals surface area contributed by atoms with E-state index < -0.39 is 63.9 Å². The van der Waals surface area contributed by atoms with Crippen molar-refractivity contribution in [2.24, 2.45) is 45.8 Å². The molecule has 13 atom stereocenters. The van der Waals surface area contributed by atoms with Gasteiger partial charge in [0.2, 0.25) is 0 Å². The average molecular weight is 547 g/mol. The number of hydrogen-bond acceptors (Lipinski definition) is 7. The maximum atomic E-state index is 14.1. The average Bonchev–Trinajstić information content (AvgIpc) is 3.49. The monoisotopic (exact) mass is 546 g/mol. The van der Waals surface area contributed by atoms with Gasteiger partial charge in [0, 0.05) is 29.1 Å². The molecule has 1 aliphatic heterocycles. The molecule has 220 valence electrons. The first-order chi connectivity index (χ1) is 18.1. The Bertz CT molecular complexity index is 1060. The highest BCUT2D eigenvalue weighted by Gasteiger charge is 2.76. The molecule has 0 radical (unpaired) electrons. The zero-order valence-electron chi connectivity index (χ0n) is 24.6. The molecule has 0 amide bonds. The Kier molecular flexibility index (Phi) is 6.24. The van der Waals surface area contributed by atoms with Crippen molar-refractivity contribution in [1.82, 2.24) is 0 Å². The fraction of sp³-hybridized carbons (Fsp3) is 0.906. The van der Waals surface area contributed by atoms with E-state index in [2.05, 4.69) is 20.8 Å². The zero-order valence-corrected chi connectivity index (χ0v) is 24.6. The van der Waals surface area contributed by atoms with Gasteiger partial charge in [-0.15, -0.1) is 0 Å². The standard InChI is InChI=1S/C32H50O7/c1-16(2)17(3)23(35)27-30(6,37)25-22(39-27)15-32(38)19-13-20(33)24-28(4,18(19)9-12-29(25,32)5)14-21(34)26(36)31(24)10-7-8-11-31/h13,16-18,21-27,34-38H,7-12,14-15H2,1-6H3/t17-,18-,21-,22-,23-,24-,25-,26-,27-,28+,29+,30+,32+/m0/s1. The van der Waals surface area contributed by atoms with Gasteiger partial charge >= 0.3 is 0 Å². The molecular formula is C32H50O7. The molecule has 7 heteroatoms. The van der Waals surface area contributed by atoms with Crippen molar-refractivity contribution < 1.29 is 35.1 Å². The summed E-state index contributed by atoms with van der Waals surface area (Å²) in [5.74, 6) is -0.722. The number of carbonyl (C=O) groups excluding carboxylic acids is 1. The number of ketones is 1. The van der Waals surface area contributed by atoms with Crippen LogP contribution >= 0.6 is 0 Å². The predicted octanol–water partition coefficient (Wildman–Crippen LogP) is 3.14. The molecule has 1 spiro atoms. The molecule has 0 bridgehead atoms. The molecule has 4 saturated carbocycles. The minimum Gasteiger partial charge on any atom is -0.390 e. The van der Waals surface area contributed by atoms with Crippen LogP contribution in [0.1, 0.15) is 92.9 Å². The number of hydrogen-bond donors (Lipinski definition) is 5. The first kappa shape index (κ1) is 28.3. The van der Waals surface area contributed by atoms with Gasteiger partial charge < -0.3 is 30.3 Å². The number of allylic oxidation sites excluding steroid dienone is 1. The fourth-order valence-corrected chi connectivity index (χ4v) is 11.4. The van der Waals surface area contributed by atoms with Crippen LogP contribution in [0.25, 0.3) is 0 Å². The van der Waals surface area contributed by atoms with E-state index in [0.717, 1.165) is 37.7 Å². The maximum Gasteiger partial charge on any atom is 0.160 e. The summed E-state index contributed by atoms with van der Waals surface area (Å²) in [6.45, 7) is 12.0. The van der Waals surface area contributed by atoms with E-state index in [-0.39, 0.29) is 35.9 Å². The Labute approximate surface area is 233 Å². The summed E-state index contributed by atoms with van der Waals surface area (Å²) in [5.41, 5.74) is -3.84. The van der Waals surface area contributed by atoms with Crippen LogP contribution in [0.15, 0.2) is 11.6 Å². The molecule has 0 aromatic heterocycles. The van der Waals surface area contributed by atoms with Crippen LogP contribution in [0.2, 0.25) is 0 Å². The van der Waals surface area contributed by atoms with Gasteiger partial charge in [-0.3, -0.25) is 4.79 Å². The number of aliphatic hydroxyl groups excluding tert-OH is 3. The van der Waals surface area contributed by atoms with Crippen LogP contribution in [0.5, 0.6) is 0 Å². The third-order valence-corrected chi connectivity index (χ3v) is 13.5. The van der Waals surface area contributed by atoms with E-state index in [9.17, 15) is 30.3 Å². The van der Waals surface area contributed by atoms with Crippen LogP contribution in [0, 0.1) is 45.8 Å². The van der Waals surface area contributed by atoms with Crippen molar-refractivity contribution in [2.45, 2.75) is 135 Å². The summed E-state index contributed by atoms with van der Waals surface area (Å²) in [7, 11) is 0. The molecule has 7 nitrogen and oxygen atoms in total. The van der Waals surface area contributed by atoms with E-state index in [1.54, 1.807) is 13.0 Å². The van der Waals surface area contributed by atoms with E-state index in [4.69, 9.17) is 4.74 Å². The van der Waals surface area contributed by atoms with Crippen molar-refractivity contribution in [3.8, 4) is 0 Å². The summed E-state index contributed by atoms with van der Waals surface area (Å²) in [6.07, 6.45) is 3.28. The highest BCUT2D eigenvalue weighted by Crippen LogP contribution is 2.72. The minimum absolute atomic E-state index is 0.0296. The highest BCUT2D eigenvalue weighted by molar-refractivity contribution is 5.95. The van der Waals surface area contributed by atoms with Crippen molar-refractivity contribution in [3.05, 3.63) is 11.6 Å². The van der Waals surface area contributed by atoms with Crippen LogP contribution in [-0.2, 0) is 9.53 Å². The SMILES string of the molecule is CC(C)[C@H](C)[C@H](O)[C@@H]1O[C@H]2C[C@@]3(O)C4=CC(=O)[C@@H]5C6(CCCC6)[C@@H](O)[C@@H](O)C[C@]5(C)[C@H]4CC[C@]3(C)[C@H]2[C@@]1(C)O. The van der Waals surface area contributed by atoms with Gasteiger partial charge in [0.1, 0.15) is 6.10 Å². The molecule has 0 unspecified atom stereocenters. The Morgan fingerprint density at radius 1 is 1.00 bits per heavy atom. The van der Waals surface area contributed by atoms with Gasteiger partial charge in [-0.1, -0.05) is 47.5 Å². The largest absolute Gasteiger partial charge is 0.390 e. The molecule has 0 aromatic carbocycles. The molecular weight excluding hydrogens is 496 g/mol. The quantitative estimate of drug-likeness (QED) is 0.368. The van der Waals surface area contributed by atoms with Crippen molar-refractivity contribution in [1.29, 1.82) is 0 Å². The summed E-state index contributed by atoms with van der Waals surface area (Å²) in [5, 5.41) is 58.2. The Morgan fingerprint density at radius 3 is 2.26 bits per heavy atom. The van der Waals surface area contributed by atoms with Gasteiger partial charge in [0.05, 0.1) is 35.6 Å². The Balaban J connectivity index is 1.39. The molecule has 5 fully saturated rings. The number of aliphatic hydroxyl groups is 5. The third kappa shape index (κ3) is 3.35. The lowest BCUT2D eigenvalue weighted by atomic mass is 9.41. The fourth-order valence-electron chi connectivity index (χ4n) is 11.4. The lowest BCUT2D eigenvalue weighted by Gasteiger charge is -2.64. The van der Waals surface area contributed by atoms with Crippen molar-refractivity contribution >= 4 is 5.78 Å². The molecule has 1 heterocycles. The lowest BCUT2D eigenvalue weighted by molar-refractivity contribution is -0.203. The van der Waals surface area contributed by atoms with Crippen LogP contribution in [-0.4, -0.2) is 73.0 Å². The molecule has 1 saturated heterocycles. The number of ether oxygens (including phenoxy) is 1. The van der Waals surface area contributed by atoms with Crippen LogP contribution in [0.4, 0.5) is 0 Å². The second-order valence-corrected chi connectivity index (χ2v) is 15.6. The Morgan fingerprint density at radius 2 is 1.64 bits per heavy atom. The number of rotatable bonds is 3. The lowest BCUT2D eigenvalue weighted by Crippen LogP contribution is -2.67. The predicted molar refractivity (Wildman–Crippen MR) is 145 cm³/mol. The number of carbonyl (C=O) groups is 1. The Hall–Kier alpha value is -0.830. The molecule has 5 N–H and O–H groups in total. The van der Waals surface area contributed by atoms with Gasteiger partial charge in [0.15, 0.2) is 5.78 Å². The summed E-state index contributed by atoms with van der Waals surface area (Å²) in [4.78, 5) is 14.1. The first-order valence-corrected chi connectivity index (χ1v) is 15.5. The molecule has 6 aliphatic rings. The molecule has 0 aromatic rings. The van der Waals surface area contributed by atoms with Gasteiger partial charge in [-0.05, 0) is 73.8 Å². The molecule has 39 heavy (non-hydrogen) atoms. The molecule has 5 aliphatic carbocycles. The normalized spacial score (nSPS) is 53.7. The topological polar surface area (TPSA) is 127 Å². The van der Waals surface area contributed by atoms with E-state index in [0.29, 0.717) is 12.8 Å². The zero-order chi connectivity index (χ0) is 28.5. The third-order valence-electron chi connectivity index (χ3n) is 13.5. The van der Waals surface area contributed by atoms with Crippen molar-refractivity contribution in [3.63, 3.8) is 0 Å². The van der Waals surface area contributed by atoms with E-state index >= 15 is 0 Å². The number of fused-ring (bicyclic) bond motifs is 8. The van der Waals surface area contributed by atoms with Crippen molar-refractivity contribution in [2.75, 3.05) is 0 Å². The van der Waals surface area contributed by atoms with Crippen LogP contribution < -0.4 is 0 Å². The second kappa shape index (κ2) is 8.61. The van der Waals surface area contributed by atoms with Gasteiger partial charge in [0.25, 0.3) is 0 Å². The van der Waals surface area contributed by atoms with E-state index in [1.807, 2.05) is 13.8 Å². The maximum absolute atomic E-state index is 14.1. The van der Waals surface area contributed by atoms with Gasteiger partial charge in [-0.25, -0.2) is 0 Å².